The molecule has 1 aromatic heterocycles. The van der Waals surface area contributed by atoms with Crippen molar-refractivity contribution in [1.82, 2.24) is 14.9 Å². The van der Waals surface area contributed by atoms with Crippen LogP contribution in [0.25, 0.3) is 0 Å². The minimum absolute atomic E-state index is 0.630. The summed E-state index contributed by atoms with van der Waals surface area (Å²) in [5.74, 6) is 0.871. The fourth-order valence-electron chi connectivity index (χ4n) is 1.59. The van der Waals surface area contributed by atoms with Gasteiger partial charge in [-0.3, -0.25) is 4.90 Å². The largest absolute Gasteiger partial charge is 0.396 e. The van der Waals surface area contributed by atoms with E-state index in [9.17, 15) is 0 Å². The van der Waals surface area contributed by atoms with Gasteiger partial charge >= 0.3 is 0 Å². The topological polar surface area (TPSA) is 55.0 Å². The van der Waals surface area contributed by atoms with Gasteiger partial charge in [0.1, 0.15) is 5.82 Å². The Morgan fingerprint density at radius 2 is 1.85 bits per heavy atom. The maximum Gasteiger partial charge on any atom is 0.142 e. The molecule has 4 nitrogen and oxygen atoms in total. The smallest absolute Gasteiger partial charge is 0.142 e. The molecule has 1 aliphatic heterocycles. The van der Waals surface area contributed by atoms with Gasteiger partial charge in [0.05, 0.1) is 24.6 Å². The lowest BCUT2D eigenvalue weighted by molar-refractivity contribution is 0.322. The quantitative estimate of drug-likeness (QED) is 0.722. The van der Waals surface area contributed by atoms with Crippen LogP contribution in [-0.4, -0.2) is 28.0 Å². The molecule has 0 radical (unpaired) electrons. The Bertz CT molecular complexity index is 263. The highest BCUT2D eigenvalue weighted by Crippen LogP contribution is 2.10. The summed E-state index contributed by atoms with van der Waals surface area (Å²) in [4.78, 5) is 10.7. The first-order chi connectivity index (χ1) is 6.34. The zero-order chi connectivity index (χ0) is 9.10. The summed E-state index contributed by atoms with van der Waals surface area (Å²) in [6.07, 6.45) is 5.93. The number of nitrogens with two attached hydrogens (primary N) is 1. The third kappa shape index (κ3) is 2.15. The van der Waals surface area contributed by atoms with E-state index in [1.54, 1.807) is 12.4 Å². The van der Waals surface area contributed by atoms with Gasteiger partial charge in [-0.05, 0) is 25.9 Å². The number of nitrogens with zero attached hydrogens (tertiary/aromatic N) is 3. The number of hydrogen-bond acceptors (Lipinski definition) is 4. The summed E-state index contributed by atoms with van der Waals surface area (Å²) in [5, 5.41) is 0. The van der Waals surface area contributed by atoms with Crippen molar-refractivity contribution in [2.75, 3.05) is 18.8 Å². The van der Waals surface area contributed by atoms with Gasteiger partial charge in [0, 0.05) is 0 Å². The first-order valence-electron chi connectivity index (χ1n) is 4.63. The van der Waals surface area contributed by atoms with Crippen LogP contribution in [0.3, 0.4) is 0 Å². The lowest BCUT2D eigenvalue weighted by Gasteiger charge is -2.12. The van der Waals surface area contributed by atoms with Crippen molar-refractivity contribution in [1.29, 1.82) is 0 Å². The molecule has 0 atom stereocenters. The van der Waals surface area contributed by atoms with Crippen LogP contribution in [-0.2, 0) is 6.54 Å². The van der Waals surface area contributed by atoms with Crippen LogP contribution in [0.2, 0.25) is 0 Å². The highest BCUT2D eigenvalue weighted by atomic mass is 15.2. The van der Waals surface area contributed by atoms with Gasteiger partial charge in [0.25, 0.3) is 0 Å². The summed E-state index contributed by atoms with van der Waals surface area (Å²) in [6.45, 7) is 3.21. The molecule has 2 rings (SSSR count). The molecule has 0 aromatic carbocycles. The van der Waals surface area contributed by atoms with E-state index in [1.807, 2.05) is 0 Å². The molecule has 4 heteroatoms. The second-order valence-corrected chi connectivity index (χ2v) is 3.42. The Hall–Kier alpha value is -1.16. The number of rotatable bonds is 2. The Morgan fingerprint density at radius 3 is 2.46 bits per heavy atom. The van der Waals surface area contributed by atoms with E-state index < -0.39 is 0 Å². The second kappa shape index (κ2) is 3.70. The fourth-order valence-corrected chi connectivity index (χ4v) is 1.59. The highest BCUT2D eigenvalue weighted by molar-refractivity contribution is 5.30. The predicted molar refractivity (Wildman–Crippen MR) is 51.0 cm³/mol. The summed E-state index contributed by atoms with van der Waals surface area (Å²) in [6, 6.07) is 0. The molecule has 0 aliphatic carbocycles. The van der Waals surface area contributed by atoms with Crippen molar-refractivity contribution in [3.63, 3.8) is 0 Å². The van der Waals surface area contributed by atoms with Gasteiger partial charge in [-0.15, -0.1) is 0 Å². The van der Waals surface area contributed by atoms with Crippen LogP contribution in [0.4, 0.5) is 5.69 Å². The first kappa shape index (κ1) is 8.44. The predicted octanol–water partition coefficient (Wildman–Crippen LogP) is 0.655. The minimum Gasteiger partial charge on any atom is -0.396 e. The lowest BCUT2D eigenvalue weighted by Crippen LogP contribution is -2.19. The molecule has 1 aliphatic rings. The Balaban J connectivity index is 1.97. The number of nitrogen functional groups attached to an aromatic ring is 1. The molecule has 0 bridgehead atoms. The molecular weight excluding hydrogens is 164 g/mol. The molecule has 2 N–H and O–H groups in total. The number of anilines is 1. The Morgan fingerprint density at radius 1 is 1.23 bits per heavy atom. The minimum atomic E-state index is 0.630. The Labute approximate surface area is 77.8 Å². The standard InChI is InChI=1S/C9H14N4/c10-8-5-11-9(12-6-8)7-13-3-1-2-4-13/h5-6H,1-4,7,10H2. The SMILES string of the molecule is Nc1cnc(CN2CCCC2)nc1. The monoisotopic (exact) mass is 178 g/mol. The molecule has 1 fully saturated rings. The van der Waals surface area contributed by atoms with Crippen molar-refractivity contribution >= 4 is 5.69 Å². The third-order valence-corrected chi connectivity index (χ3v) is 2.29. The first-order valence-corrected chi connectivity index (χ1v) is 4.63. The van der Waals surface area contributed by atoms with Gasteiger partial charge in [-0.25, -0.2) is 9.97 Å². The summed E-state index contributed by atoms with van der Waals surface area (Å²) in [5.41, 5.74) is 6.13. The van der Waals surface area contributed by atoms with Crippen molar-refractivity contribution < 1.29 is 0 Å². The van der Waals surface area contributed by atoms with Gasteiger partial charge in [0.2, 0.25) is 0 Å². The molecule has 13 heavy (non-hydrogen) atoms. The van der Waals surface area contributed by atoms with E-state index >= 15 is 0 Å². The lowest BCUT2D eigenvalue weighted by atomic mass is 10.4. The van der Waals surface area contributed by atoms with Gasteiger partial charge in [-0.2, -0.15) is 0 Å². The maximum absolute atomic E-state index is 5.50. The van der Waals surface area contributed by atoms with Crippen LogP contribution in [0, 0.1) is 0 Å². The van der Waals surface area contributed by atoms with Gasteiger partial charge < -0.3 is 5.73 Å². The molecule has 1 aromatic rings. The van der Waals surface area contributed by atoms with Crippen molar-refractivity contribution in [2.45, 2.75) is 19.4 Å². The molecule has 0 saturated carbocycles. The summed E-state index contributed by atoms with van der Waals surface area (Å²) in [7, 11) is 0. The number of aromatic nitrogens is 2. The highest BCUT2D eigenvalue weighted by Gasteiger charge is 2.12. The maximum atomic E-state index is 5.50. The average Bonchev–Trinajstić information content (AvgIpc) is 2.62. The average molecular weight is 178 g/mol. The third-order valence-electron chi connectivity index (χ3n) is 2.29. The van der Waals surface area contributed by atoms with Crippen molar-refractivity contribution in [3.8, 4) is 0 Å². The molecule has 1 saturated heterocycles. The van der Waals surface area contributed by atoms with Gasteiger partial charge in [0.15, 0.2) is 0 Å². The number of hydrogen-bond donors (Lipinski definition) is 1. The van der Waals surface area contributed by atoms with E-state index in [4.69, 9.17) is 5.73 Å². The molecule has 0 unspecified atom stereocenters. The number of likely N-dealkylation sites (tertiary alicyclic amines) is 1. The molecular formula is C9H14N4. The normalized spacial score (nSPS) is 17.8. The van der Waals surface area contributed by atoms with E-state index in [2.05, 4.69) is 14.9 Å². The summed E-state index contributed by atoms with van der Waals surface area (Å²) >= 11 is 0. The zero-order valence-corrected chi connectivity index (χ0v) is 7.61. The fraction of sp³-hybridized carbons (Fsp3) is 0.556. The van der Waals surface area contributed by atoms with Crippen LogP contribution >= 0.6 is 0 Å². The van der Waals surface area contributed by atoms with E-state index in [0.717, 1.165) is 12.4 Å². The van der Waals surface area contributed by atoms with Crippen LogP contribution < -0.4 is 5.73 Å². The zero-order valence-electron chi connectivity index (χ0n) is 7.61. The van der Waals surface area contributed by atoms with Crippen molar-refractivity contribution in [3.05, 3.63) is 18.2 Å². The molecule has 70 valence electrons. The molecule has 2 heterocycles. The Kier molecular flexibility index (Phi) is 2.40. The van der Waals surface area contributed by atoms with Crippen LogP contribution in [0.5, 0.6) is 0 Å². The summed E-state index contributed by atoms with van der Waals surface area (Å²) < 4.78 is 0. The van der Waals surface area contributed by atoms with Crippen LogP contribution in [0.1, 0.15) is 18.7 Å². The van der Waals surface area contributed by atoms with E-state index in [-0.39, 0.29) is 0 Å². The van der Waals surface area contributed by atoms with E-state index in [1.165, 1.54) is 25.9 Å². The molecule has 0 spiro atoms. The van der Waals surface area contributed by atoms with E-state index in [0.29, 0.717) is 5.69 Å². The molecule has 0 amide bonds. The van der Waals surface area contributed by atoms with Gasteiger partial charge in [-0.1, -0.05) is 0 Å². The van der Waals surface area contributed by atoms with Crippen molar-refractivity contribution in [2.24, 2.45) is 0 Å². The van der Waals surface area contributed by atoms with Crippen LogP contribution in [0.15, 0.2) is 12.4 Å². The second-order valence-electron chi connectivity index (χ2n) is 3.42.